The molecule has 2 rings (SSSR count). The fraction of sp³-hybridized carbons (Fsp3) is 0.462. The molecule has 0 radical (unpaired) electrons. The molecule has 0 N–H and O–H groups in total. The van der Waals surface area contributed by atoms with Crippen molar-refractivity contribution in [2.24, 2.45) is 5.41 Å². The largest absolute Gasteiger partial charge is 0.465 e. The van der Waals surface area contributed by atoms with Crippen LogP contribution in [0.25, 0.3) is 0 Å². The summed E-state index contributed by atoms with van der Waals surface area (Å²) < 4.78 is 16.8. The van der Waals surface area contributed by atoms with E-state index in [4.69, 9.17) is 14.2 Å². The zero-order chi connectivity index (χ0) is 22.5. The van der Waals surface area contributed by atoms with Gasteiger partial charge in [-0.1, -0.05) is 70.4 Å². The van der Waals surface area contributed by atoms with Gasteiger partial charge in [0.1, 0.15) is 18.1 Å². The van der Waals surface area contributed by atoms with Crippen LogP contribution in [0.2, 0.25) is 0 Å². The Morgan fingerprint density at radius 2 is 1.45 bits per heavy atom. The summed E-state index contributed by atoms with van der Waals surface area (Å²) in [6, 6.07) is 16.8. The Kier molecular flexibility index (Phi) is 10.1. The highest BCUT2D eigenvalue weighted by Crippen LogP contribution is 2.31. The van der Waals surface area contributed by atoms with Crippen LogP contribution >= 0.6 is 0 Å². The number of esters is 2. The molecule has 0 bridgehead atoms. The first-order chi connectivity index (χ1) is 15.1. The van der Waals surface area contributed by atoms with Gasteiger partial charge in [-0.3, -0.25) is 9.59 Å². The first-order valence-corrected chi connectivity index (χ1v) is 11.2. The number of benzene rings is 2. The minimum atomic E-state index is -1.26. The lowest BCUT2D eigenvalue weighted by atomic mass is 9.82. The molecule has 0 aliphatic heterocycles. The zero-order valence-electron chi connectivity index (χ0n) is 18.9. The topological polar surface area (TPSA) is 61.8 Å². The van der Waals surface area contributed by atoms with Crippen molar-refractivity contribution in [3.05, 3.63) is 60.2 Å². The molecule has 0 amide bonds. The SMILES string of the molecule is CCCCCCOC(=O)C(CC)(CC)C(=O)OCc1cccc(Oc2ccccc2)c1. The Bertz CT molecular complexity index is 812. The van der Waals surface area contributed by atoms with Crippen molar-refractivity contribution in [2.75, 3.05) is 6.61 Å². The first kappa shape index (κ1) is 24.4. The van der Waals surface area contributed by atoms with E-state index < -0.39 is 17.4 Å². The van der Waals surface area contributed by atoms with E-state index >= 15 is 0 Å². The molecular weight excluding hydrogens is 392 g/mol. The summed E-state index contributed by atoms with van der Waals surface area (Å²) in [5.41, 5.74) is -0.473. The lowest BCUT2D eigenvalue weighted by molar-refractivity contribution is -0.174. The van der Waals surface area contributed by atoms with Crippen molar-refractivity contribution in [3.63, 3.8) is 0 Å². The van der Waals surface area contributed by atoms with Gasteiger partial charge in [0, 0.05) is 0 Å². The molecule has 0 saturated carbocycles. The Balaban J connectivity index is 1.96. The van der Waals surface area contributed by atoms with Gasteiger partial charge in [-0.05, 0) is 49.1 Å². The van der Waals surface area contributed by atoms with E-state index in [0.717, 1.165) is 37.0 Å². The smallest absolute Gasteiger partial charge is 0.323 e. The van der Waals surface area contributed by atoms with Crippen LogP contribution in [-0.2, 0) is 25.7 Å². The van der Waals surface area contributed by atoms with Crippen LogP contribution in [0, 0.1) is 5.41 Å². The van der Waals surface area contributed by atoms with Crippen LogP contribution < -0.4 is 4.74 Å². The predicted molar refractivity (Wildman–Crippen MR) is 121 cm³/mol. The zero-order valence-corrected chi connectivity index (χ0v) is 18.9. The molecule has 31 heavy (non-hydrogen) atoms. The van der Waals surface area contributed by atoms with Crippen LogP contribution in [-0.4, -0.2) is 18.5 Å². The average Bonchev–Trinajstić information content (AvgIpc) is 2.79. The predicted octanol–water partition coefficient (Wildman–Crippen LogP) is 6.45. The van der Waals surface area contributed by atoms with Gasteiger partial charge in [-0.15, -0.1) is 0 Å². The van der Waals surface area contributed by atoms with Gasteiger partial charge >= 0.3 is 11.9 Å². The molecule has 0 saturated heterocycles. The number of rotatable bonds is 13. The van der Waals surface area contributed by atoms with Gasteiger partial charge in [0.15, 0.2) is 5.41 Å². The van der Waals surface area contributed by atoms with E-state index in [2.05, 4.69) is 6.92 Å². The lowest BCUT2D eigenvalue weighted by Crippen LogP contribution is -2.41. The minimum Gasteiger partial charge on any atom is -0.465 e. The average molecular weight is 427 g/mol. The second-order valence-corrected chi connectivity index (χ2v) is 7.62. The van der Waals surface area contributed by atoms with Crippen molar-refractivity contribution in [2.45, 2.75) is 65.9 Å². The van der Waals surface area contributed by atoms with Gasteiger partial charge in [-0.25, -0.2) is 0 Å². The van der Waals surface area contributed by atoms with E-state index in [1.807, 2.05) is 68.4 Å². The fourth-order valence-electron chi connectivity index (χ4n) is 3.35. The summed E-state index contributed by atoms with van der Waals surface area (Å²) in [6.07, 6.45) is 4.73. The maximum absolute atomic E-state index is 12.9. The Morgan fingerprint density at radius 1 is 0.774 bits per heavy atom. The number of para-hydroxylation sites is 1. The van der Waals surface area contributed by atoms with Gasteiger partial charge in [0.25, 0.3) is 0 Å². The summed E-state index contributed by atoms with van der Waals surface area (Å²) in [7, 11) is 0. The second-order valence-electron chi connectivity index (χ2n) is 7.62. The standard InChI is InChI=1S/C26H34O5/c1-4-7-8-12-18-29-24(27)26(5-2,6-3)25(28)30-20-21-14-13-17-23(19-21)31-22-15-10-9-11-16-22/h9-11,13-17,19H,4-8,12,18,20H2,1-3H3. The Labute approximate surface area is 185 Å². The Morgan fingerprint density at radius 3 is 2.13 bits per heavy atom. The van der Waals surface area contributed by atoms with E-state index in [0.29, 0.717) is 25.2 Å². The van der Waals surface area contributed by atoms with Crippen molar-refractivity contribution in [1.29, 1.82) is 0 Å². The number of hydrogen-bond acceptors (Lipinski definition) is 5. The molecule has 0 aromatic heterocycles. The molecule has 0 fully saturated rings. The molecule has 0 atom stereocenters. The maximum atomic E-state index is 12.9. The quantitative estimate of drug-likeness (QED) is 0.209. The second kappa shape index (κ2) is 12.8. The van der Waals surface area contributed by atoms with E-state index in [1.165, 1.54) is 0 Å². The Hall–Kier alpha value is -2.82. The molecule has 0 aliphatic carbocycles. The van der Waals surface area contributed by atoms with Crippen molar-refractivity contribution in [3.8, 4) is 11.5 Å². The molecule has 0 aliphatic rings. The van der Waals surface area contributed by atoms with Crippen LogP contribution in [0.3, 0.4) is 0 Å². The monoisotopic (exact) mass is 426 g/mol. The third-order valence-electron chi connectivity index (χ3n) is 5.47. The van der Waals surface area contributed by atoms with E-state index in [9.17, 15) is 9.59 Å². The van der Waals surface area contributed by atoms with Crippen molar-refractivity contribution < 1.29 is 23.8 Å². The molecular formula is C26H34O5. The molecule has 168 valence electrons. The van der Waals surface area contributed by atoms with Gasteiger partial charge < -0.3 is 14.2 Å². The lowest BCUT2D eigenvalue weighted by Gasteiger charge is -2.27. The normalized spacial score (nSPS) is 11.1. The number of unbranched alkanes of at least 4 members (excludes halogenated alkanes) is 3. The van der Waals surface area contributed by atoms with Crippen LogP contribution in [0.4, 0.5) is 0 Å². The molecule has 2 aromatic carbocycles. The van der Waals surface area contributed by atoms with Gasteiger partial charge in [0.2, 0.25) is 0 Å². The van der Waals surface area contributed by atoms with Crippen molar-refractivity contribution in [1.82, 2.24) is 0 Å². The number of carbonyl (C=O) groups excluding carboxylic acids is 2. The van der Waals surface area contributed by atoms with E-state index in [-0.39, 0.29) is 6.61 Å². The van der Waals surface area contributed by atoms with Crippen LogP contribution in [0.5, 0.6) is 11.5 Å². The molecule has 5 nitrogen and oxygen atoms in total. The number of carbonyl (C=O) groups is 2. The number of hydrogen-bond donors (Lipinski definition) is 0. The summed E-state index contributed by atoms with van der Waals surface area (Å²) in [4.78, 5) is 25.6. The maximum Gasteiger partial charge on any atom is 0.323 e. The summed E-state index contributed by atoms with van der Waals surface area (Å²) in [5, 5.41) is 0. The van der Waals surface area contributed by atoms with Crippen molar-refractivity contribution >= 4 is 11.9 Å². The molecule has 2 aromatic rings. The third-order valence-corrected chi connectivity index (χ3v) is 5.47. The highest BCUT2D eigenvalue weighted by Gasteiger charge is 2.45. The fourth-order valence-corrected chi connectivity index (χ4v) is 3.35. The van der Waals surface area contributed by atoms with E-state index in [1.54, 1.807) is 0 Å². The minimum absolute atomic E-state index is 0.0658. The van der Waals surface area contributed by atoms with Gasteiger partial charge in [-0.2, -0.15) is 0 Å². The number of ether oxygens (including phenoxy) is 3. The summed E-state index contributed by atoms with van der Waals surface area (Å²) >= 11 is 0. The third kappa shape index (κ3) is 7.12. The molecule has 0 spiro atoms. The highest BCUT2D eigenvalue weighted by atomic mass is 16.6. The molecule has 0 heterocycles. The molecule has 5 heteroatoms. The summed E-state index contributed by atoms with van der Waals surface area (Å²) in [5.74, 6) is 0.364. The highest BCUT2D eigenvalue weighted by molar-refractivity contribution is 6.00. The molecule has 0 unspecified atom stereocenters. The van der Waals surface area contributed by atoms with Gasteiger partial charge in [0.05, 0.1) is 6.61 Å². The summed E-state index contributed by atoms with van der Waals surface area (Å²) in [6.45, 7) is 6.17. The van der Waals surface area contributed by atoms with Crippen LogP contribution in [0.15, 0.2) is 54.6 Å². The van der Waals surface area contributed by atoms with Crippen LogP contribution in [0.1, 0.15) is 64.9 Å². The first-order valence-electron chi connectivity index (χ1n) is 11.2.